The second kappa shape index (κ2) is 6.80. The molecular weight excluding hydrogens is 340 g/mol. The third-order valence-electron chi connectivity index (χ3n) is 4.73. The number of hydrogen-bond donors (Lipinski definition) is 0. The third-order valence-corrected chi connectivity index (χ3v) is 5.65. The maximum atomic E-state index is 12.8. The van der Waals surface area contributed by atoms with Crippen LogP contribution in [-0.2, 0) is 9.84 Å². The second-order valence-corrected chi connectivity index (χ2v) is 9.08. The number of sulfone groups is 1. The number of piperazine rings is 1. The average Bonchev–Trinajstić information content (AvgIpc) is 2.88. The van der Waals surface area contributed by atoms with E-state index in [4.69, 9.17) is 4.42 Å². The van der Waals surface area contributed by atoms with Crippen molar-refractivity contribution >= 4 is 26.7 Å². The van der Waals surface area contributed by atoms with Crippen LogP contribution in [0.5, 0.6) is 0 Å². The van der Waals surface area contributed by atoms with Crippen LogP contribution < -0.4 is 0 Å². The zero-order valence-corrected chi connectivity index (χ0v) is 15.7. The maximum Gasteiger partial charge on any atom is 0.289 e. The van der Waals surface area contributed by atoms with Crippen molar-refractivity contribution < 1.29 is 17.6 Å². The van der Waals surface area contributed by atoms with Gasteiger partial charge in [0.05, 0.1) is 5.75 Å². The van der Waals surface area contributed by atoms with Crippen molar-refractivity contribution in [1.82, 2.24) is 9.80 Å². The van der Waals surface area contributed by atoms with Gasteiger partial charge in [-0.25, -0.2) is 8.42 Å². The standard InChI is InChI=1S/C18H24N2O4S/c1-13-4-5-15-14(2)17(24-16(15)12-13)18(21)20-8-6-19(7-9-20)10-11-25(3,22)23/h4-5,12H,6-11H2,1-3H3. The van der Waals surface area contributed by atoms with E-state index in [1.165, 1.54) is 6.26 Å². The number of aryl methyl sites for hydroxylation is 2. The molecule has 1 amide bonds. The zero-order valence-electron chi connectivity index (χ0n) is 14.9. The molecule has 2 heterocycles. The van der Waals surface area contributed by atoms with E-state index in [2.05, 4.69) is 4.90 Å². The molecule has 0 aliphatic carbocycles. The number of nitrogens with zero attached hydrogens (tertiary/aromatic N) is 2. The van der Waals surface area contributed by atoms with Crippen LogP contribution >= 0.6 is 0 Å². The molecule has 136 valence electrons. The summed E-state index contributed by atoms with van der Waals surface area (Å²) in [5.41, 5.74) is 2.71. The van der Waals surface area contributed by atoms with Crippen LogP contribution in [0.15, 0.2) is 22.6 Å². The number of amides is 1. The minimum Gasteiger partial charge on any atom is -0.451 e. The molecule has 0 radical (unpaired) electrons. The lowest BCUT2D eigenvalue weighted by molar-refractivity contribution is 0.0614. The summed E-state index contributed by atoms with van der Waals surface area (Å²) in [7, 11) is -2.96. The fourth-order valence-electron chi connectivity index (χ4n) is 3.15. The summed E-state index contributed by atoms with van der Waals surface area (Å²) in [6.45, 7) is 6.95. The Balaban J connectivity index is 1.68. The summed E-state index contributed by atoms with van der Waals surface area (Å²) in [4.78, 5) is 16.7. The van der Waals surface area contributed by atoms with Crippen LogP contribution in [0.25, 0.3) is 11.0 Å². The number of carbonyl (C=O) groups is 1. The first-order chi connectivity index (χ1) is 11.7. The number of benzene rings is 1. The molecule has 7 heteroatoms. The van der Waals surface area contributed by atoms with Crippen molar-refractivity contribution in [2.24, 2.45) is 0 Å². The highest BCUT2D eigenvalue weighted by Gasteiger charge is 2.26. The number of rotatable bonds is 4. The van der Waals surface area contributed by atoms with Gasteiger partial charge in [0.1, 0.15) is 15.4 Å². The Morgan fingerprint density at radius 1 is 1.16 bits per heavy atom. The molecule has 0 N–H and O–H groups in total. The lowest BCUT2D eigenvalue weighted by Crippen LogP contribution is -2.49. The van der Waals surface area contributed by atoms with E-state index in [1.54, 1.807) is 4.90 Å². The van der Waals surface area contributed by atoms with Gasteiger partial charge >= 0.3 is 0 Å². The summed E-state index contributed by atoms with van der Waals surface area (Å²) >= 11 is 0. The van der Waals surface area contributed by atoms with Crippen molar-refractivity contribution in [2.75, 3.05) is 44.7 Å². The van der Waals surface area contributed by atoms with Gasteiger partial charge in [-0.2, -0.15) is 0 Å². The fraction of sp³-hybridized carbons (Fsp3) is 0.500. The minimum absolute atomic E-state index is 0.0888. The summed E-state index contributed by atoms with van der Waals surface area (Å²) in [6.07, 6.45) is 1.25. The first-order valence-corrected chi connectivity index (χ1v) is 10.5. The highest BCUT2D eigenvalue weighted by Crippen LogP contribution is 2.27. The second-order valence-electron chi connectivity index (χ2n) is 6.82. The number of furan rings is 1. The molecule has 1 aromatic carbocycles. The van der Waals surface area contributed by atoms with Crippen LogP contribution in [0.2, 0.25) is 0 Å². The monoisotopic (exact) mass is 364 g/mol. The van der Waals surface area contributed by atoms with Crippen molar-refractivity contribution in [2.45, 2.75) is 13.8 Å². The Morgan fingerprint density at radius 2 is 1.84 bits per heavy atom. The molecule has 1 saturated heterocycles. The van der Waals surface area contributed by atoms with Crippen LogP contribution in [0.3, 0.4) is 0 Å². The first-order valence-electron chi connectivity index (χ1n) is 8.44. The predicted molar refractivity (Wildman–Crippen MR) is 97.7 cm³/mol. The first kappa shape index (κ1) is 17.9. The molecule has 0 bridgehead atoms. The molecule has 0 unspecified atom stereocenters. The highest BCUT2D eigenvalue weighted by atomic mass is 32.2. The zero-order chi connectivity index (χ0) is 18.2. The van der Waals surface area contributed by atoms with Gasteiger partial charge in [-0.1, -0.05) is 12.1 Å². The van der Waals surface area contributed by atoms with Crippen molar-refractivity contribution in [3.05, 3.63) is 35.1 Å². The topological polar surface area (TPSA) is 70.8 Å². The van der Waals surface area contributed by atoms with Gasteiger partial charge in [-0.15, -0.1) is 0 Å². The van der Waals surface area contributed by atoms with Gasteiger partial charge in [-0.05, 0) is 25.5 Å². The van der Waals surface area contributed by atoms with E-state index >= 15 is 0 Å². The van der Waals surface area contributed by atoms with E-state index in [1.807, 2.05) is 32.0 Å². The van der Waals surface area contributed by atoms with Crippen LogP contribution in [0, 0.1) is 13.8 Å². The van der Waals surface area contributed by atoms with Crippen molar-refractivity contribution in [1.29, 1.82) is 0 Å². The Morgan fingerprint density at radius 3 is 2.48 bits per heavy atom. The summed E-state index contributed by atoms with van der Waals surface area (Å²) in [6, 6.07) is 5.95. The Hall–Kier alpha value is -1.86. The predicted octanol–water partition coefficient (Wildman–Crippen LogP) is 1.85. The van der Waals surface area contributed by atoms with Gasteiger partial charge in [0.2, 0.25) is 0 Å². The van der Waals surface area contributed by atoms with Crippen LogP contribution in [-0.4, -0.2) is 68.9 Å². The molecule has 1 fully saturated rings. The SMILES string of the molecule is Cc1ccc2c(C)c(C(=O)N3CCN(CCS(C)(=O)=O)CC3)oc2c1. The van der Waals surface area contributed by atoms with Gasteiger partial charge in [0, 0.05) is 49.9 Å². The van der Waals surface area contributed by atoms with Gasteiger partial charge in [-0.3, -0.25) is 9.69 Å². The summed E-state index contributed by atoms with van der Waals surface area (Å²) in [5.74, 6) is 0.475. The molecule has 0 spiro atoms. The normalized spacial score (nSPS) is 16.5. The van der Waals surface area contributed by atoms with E-state index in [0.717, 1.165) is 22.1 Å². The Bertz CT molecular complexity index is 893. The Labute approximate surface area is 148 Å². The quantitative estimate of drug-likeness (QED) is 0.828. The largest absolute Gasteiger partial charge is 0.451 e. The highest BCUT2D eigenvalue weighted by molar-refractivity contribution is 7.90. The lowest BCUT2D eigenvalue weighted by Gasteiger charge is -2.34. The molecule has 25 heavy (non-hydrogen) atoms. The van der Waals surface area contributed by atoms with Crippen molar-refractivity contribution in [3.63, 3.8) is 0 Å². The molecular formula is C18H24N2O4S. The molecule has 1 aromatic heterocycles. The average molecular weight is 364 g/mol. The van der Waals surface area contributed by atoms with Gasteiger partial charge < -0.3 is 9.32 Å². The third kappa shape index (κ3) is 4.04. The molecule has 0 saturated carbocycles. The Kier molecular flexibility index (Phi) is 4.88. The van der Waals surface area contributed by atoms with Gasteiger partial charge in [0.15, 0.2) is 5.76 Å². The van der Waals surface area contributed by atoms with E-state index in [-0.39, 0.29) is 11.7 Å². The molecule has 3 rings (SSSR count). The van der Waals surface area contributed by atoms with Crippen LogP contribution in [0.1, 0.15) is 21.7 Å². The minimum atomic E-state index is -2.96. The summed E-state index contributed by atoms with van der Waals surface area (Å²) < 4.78 is 28.4. The van der Waals surface area contributed by atoms with E-state index < -0.39 is 9.84 Å². The molecule has 1 aliphatic rings. The molecule has 2 aromatic rings. The van der Waals surface area contributed by atoms with Crippen LogP contribution in [0.4, 0.5) is 0 Å². The smallest absolute Gasteiger partial charge is 0.289 e. The molecule has 1 aliphatic heterocycles. The van der Waals surface area contributed by atoms with E-state index in [9.17, 15) is 13.2 Å². The molecule has 6 nitrogen and oxygen atoms in total. The summed E-state index contributed by atoms with van der Waals surface area (Å²) in [5, 5.41) is 0.973. The number of fused-ring (bicyclic) bond motifs is 1. The van der Waals surface area contributed by atoms with Gasteiger partial charge in [0.25, 0.3) is 5.91 Å². The van der Waals surface area contributed by atoms with E-state index in [0.29, 0.717) is 38.5 Å². The fourth-order valence-corrected chi connectivity index (χ4v) is 3.74. The number of carbonyl (C=O) groups excluding carboxylic acids is 1. The number of hydrogen-bond acceptors (Lipinski definition) is 5. The maximum absolute atomic E-state index is 12.8. The lowest BCUT2D eigenvalue weighted by atomic mass is 10.1. The van der Waals surface area contributed by atoms with Crippen molar-refractivity contribution in [3.8, 4) is 0 Å². The molecule has 0 atom stereocenters.